The van der Waals surface area contributed by atoms with Crippen LogP contribution in [0.25, 0.3) is 11.0 Å². The summed E-state index contributed by atoms with van der Waals surface area (Å²) in [6, 6.07) is 0. The summed E-state index contributed by atoms with van der Waals surface area (Å²) in [6.45, 7) is 4.14. The van der Waals surface area contributed by atoms with Gasteiger partial charge in [-0.15, -0.1) is 0 Å². The van der Waals surface area contributed by atoms with Gasteiger partial charge in [0.2, 0.25) is 0 Å². The minimum absolute atomic E-state index is 0.00787. The lowest BCUT2D eigenvalue weighted by Gasteiger charge is -2.34. The molecule has 0 amide bonds. The van der Waals surface area contributed by atoms with Crippen molar-refractivity contribution in [2.24, 2.45) is 0 Å². The van der Waals surface area contributed by atoms with E-state index < -0.39 is 58.5 Å². The van der Waals surface area contributed by atoms with Crippen molar-refractivity contribution in [3.8, 4) is 0 Å². The van der Waals surface area contributed by atoms with Crippen LogP contribution < -0.4 is 5.32 Å². The molecule has 2 aromatic rings. The summed E-state index contributed by atoms with van der Waals surface area (Å²) >= 11 is 1.12. The maximum absolute atomic E-state index is 12.2. The fraction of sp³-hybridized carbons (Fsp3) is 0.545. The molecule has 0 radical (unpaired) electrons. The van der Waals surface area contributed by atoms with Gasteiger partial charge in [-0.05, 0) is 13.2 Å². The summed E-state index contributed by atoms with van der Waals surface area (Å²) in [6.07, 6.45) is -0.965. The van der Waals surface area contributed by atoms with Crippen LogP contribution in [0.1, 0.15) is 33.9 Å². The molecule has 1 saturated heterocycles. The average Bonchev–Trinajstić information content (AvgIpc) is 3.35. The highest BCUT2D eigenvalue weighted by atomic mass is 32.2. The van der Waals surface area contributed by atoms with Crippen LogP contribution in [0.5, 0.6) is 0 Å². The van der Waals surface area contributed by atoms with Gasteiger partial charge < -0.3 is 29.0 Å². The van der Waals surface area contributed by atoms with Crippen molar-refractivity contribution in [2.45, 2.75) is 56.9 Å². The molecular formula is C22H27N5O11S. The molecule has 16 nitrogen and oxygen atoms in total. The van der Waals surface area contributed by atoms with E-state index >= 15 is 0 Å². The van der Waals surface area contributed by atoms with E-state index in [4.69, 9.17) is 18.9 Å². The smallest absolute Gasteiger partial charge is 0.325 e. The third-order valence-electron chi connectivity index (χ3n) is 5.70. The molecule has 0 saturated carbocycles. The zero-order chi connectivity index (χ0) is 29.1. The second kappa shape index (κ2) is 11.8. The lowest BCUT2D eigenvalue weighted by molar-refractivity contribution is -0.383. The van der Waals surface area contributed by atoms with Gasteiger partial charge in [-0.1, -0.05) is 11.8 Å². The van der Waals surface area contributed by atoms with Crippen LogP contribution in [-0.2, 0) is 42.9 Å². The standard InChI is InChI=1S/C22H27N5O11S/c1-10(28)35-9-14-17(36-11(2)29)22(4,38-12(3)30)20(37-14)26-8-13(27(32)33)16-18(23-7-15(31)34-5)24-21(39-6)25-19(16)26/h8,14,17,20H,7,9H2,1-6H3,(H,23,24,25)/t14-,17-,20?,22?/m1/s1. The highest BCUT2D eigenvalue weighted by Gasteiger charge is 2.60. The minimum Gasteiger partial charge on any atom is -0.468 e. The quantitative estimate of drug-likeness (QED) is 0.107. The van der Waals surface area contributed by atoms with Crippen molar-refractivity contribution in [3.05, 3.63) is 16.3 Å². The number of ether oxygens (including phenoxy) is 5. The second-order valence-corrected chi connectivity index (χ2v) is 9.28. The number of nitro groups is 1. The van der Waals surface area contributed by atoms with Crippen molar-refractivity contribution in [3.63, 3.8) is 0 Å². The topological polar surface area (TPSA) is 200 Å². The van der Waals surface area contributed by atoms with Crippen LogP contribution in [0.2, 0.25) is 0 Å². The van der Waals surface area contributed by atoms with Crippen LogP contribution in [-0.4, -0.2) is 87.7 Å². The number of thioether (sulfide) groups is 1. The van der Waals surface area contributed by atoms with Crippen molar-refractivity contribution < 1.29 is 47.8 Å². The van der Waals surface area contributed by atoms with E-state index in [0.717, 1.165) is 31.8 Å². The summed E-state index contributed by atoms with van der Waals surface area (Å²) in [5, 5.41) is 14.9. The molecule has 0 spiro atoms. The van der Waals surface area contributed by atoms with Crippen molar-refractivity contribution in [2.75, 3.05) is 31.8 Å². The molecule has 3 heterocycles. The average molecular weight is 570 g/mol. The molecule has 0 bridgehead atoms. The predicted molar refractivity (Wildman–Crippen MR) is 133 cm³/mol. The Morgan fingerprint density at radius 1 is 1.21 bits per heavy atom. The molecule has 3 rings (SSSR count). The van der Waals surface area contributed by atoms with Gasteiger partial charge in [-0.3, -0.25) is 33.9 Å². The van der Waals surface area contributed by atoms with Crippen LogP contribution >= 0.6 is 11.8 Å². The summed E-state index contributed by atoms with van der Waals surface area (Å²) < 4.78 is 28.1. The normalized spacial score (nSPS) is 22.3. The van der Waals surface area contributed by atoms with E-state index in [0.29, 0.717) is 0 Å². The third kappa shape index (κ3) is 6.19. The number of rotatable bonds is 10. The first-order chi connectivity index (χ1) is 18.3. The fourth-order valence-electron chi connectivity index (χ4n) is 4.21. The van der Waals surface area contributed by atoms with Gasteiger partial charge >= 0.3 is 23.9 Å². The zero-order valence-electron chi connectivity index (χ0n) is 21.9. The molecule has 0 aromatic carbocycles. The highest BCUT2D eigenvalue weighted by molar-refractivity contribution is 7.98. The highest BCUT2D eigenvalue weighted by Crippen LogP contribution is 2.46. The minimum atomic E-state index is -1.76. The number of nitrogens with one attached hydrogen (secondary N) is 1. The SMILES string of the molecule is COC(=O)CNc1nc(SC)nc2c1c([N+](=O)[O-])cn2C1O[C@H](COC(C)=O)[C@@H](OC(C)=O)C1(C)OC(C)=O. The van der Waals surface area contributed by atoms with Gasteiger partial charge in [0, 0.05) is 20.8 Å². The van der Waals surface area contributed by atoms with Crippen LogP contribution in [0, 0.1) is 10.1 Å². The number of aromatic nitrogens is 3. The molecule has 0 aliphatic carbocycles. The van der Waals surface area contributed by atoms with E-state index in [1.54, 1.807) is 6.26 Å². The van der Waals surface area contributed by atoms with E-state index in [9.17, 15) is 29.3 Å². The van der Waals surface area contributed by atoms with Gasteiger partial charge in [0.05, 0.1) is 18.2 Å². The molecule has 1 aliphatic heterocycles. The number of methoxy groups -OCH3 is 1. The molecule has 1 aliphatic rings. The Labute approximate surface area is 225 Å². The lowest BCUT2D eigenvalue weighted by Crippen LogP contribution is -2.50. The van der Waals surface area contributed by atoms with E-state index in [2.05, 4.69) is 20.0 Å². The molecule has 1 N–H and O–H groups in total. The molecule has 2 unspecified atom stereocenters. The Balaban J connectivity index is 2.27. The number of hydrogen-bond donors (Lipinski definition) is 1. The largest absolute Gasteiger partial charge is 0.468 e. The summed E-state index contributed by atoms with van der Waals surface area (Å²) in [5.41, 5.74) is -2.22. The number of esters is 4. The Bertz CT molecular complexity index is 1320. The van der Waals surface area contributed by atoms with E-state index in [-0.39, 0.29) is 35.2 Å². The maximum Gasteiger partial charge on any atom is 0.325 e. The Hall–Kier alpha value is -3.99. The number of carbonyl (C=O) groups excluding carboxylic acids is 4. The number of anilines is 1. The van der Waals surface area contributed by atoms with Crippen molar-refractivity contribution >= 4 is 58.2 Å². The van der Waals surface area contributed by atoms with Crippen molar-refractivity contribution in [1.29, 1.82) is 0 Å². The lowest BCUT2D eigenvalue weighted by atomic mass is 9.95. The third-order valence-corrected chi connectivity index (χ3v) is 6.24. The van der Waals surface area contributed by atoms with E-state index in [1.165, 1.54) is 25.5 Å². The summed E-state index contributed by atoms with van der Waals surface area (Å²) in [7, 11) is 1.19. The fourth-order valence-corrected chi connectivity index (χ4v) is 4.57. The number of hydrogen-bond acceptors (Lipinski definition) is 15. The molecule has 212 valence electrons. The van der Waals surface area contributed by atoms with Crippen LogP contribution in [0.15, 0.2) is 11.4 Å². The zero-order valence-corrected chi connectivity index (χ0v) is 22.7. The first-order valence-electron chi connectivity index (χ1n) is 11.4. The molecule has 2 aromatic heterocycles. The van der Waals surface area contributed by atoms with Crippen LogP contribution in [0.4, 0.5) is 11.5 Å². The Kier molecular flexibility index (Phi) is 8.96. The van der Waals surface area contributed by atoms with E-state index in [1.807, 2.05) is 0 Å². The molecule has 4 atom stereocenters. The maximum atomic E-state index is 12.2. The van der Waals surface area contributed by atoms with Gasteiger partial charge in [-0.25, -0.2) is 9.97 Å². The van der Waals surface area contributed by atoms with Gasteiger partial charge in [0.1, 0.15) is 30.5 Å². The monoisotopic (exact) mass is 569 g/mol. The molecule has 39 heavy (non-hydrogen) atoms. The van der Waals surface area contributed by atoms with Crippen LogP contribution in [0.3, 0.4) is 0 Å². The number of fused-ring (bicyclic) bond motifs is 1. The van der Waals surface area contributed by atoms with Gasteiger partial charge in [0.25, 0.3) is 5.69 Å². The summed E-state index contributed by atoms with van der Waals surface area (Å²) in [4.78, 5) is 67.5. The van der Waals surface area contributed by atoms with Crippen molar-refractivity contribution in [1.82, 2.24) is 14.5 Å². The summed E-state index contributed by atoms with van der Waals surface area (Å²) in [5.74, 6) is -2.81. The predicted octanol–water partition coefficient (Wildman–Crippen LogP) is 1.36. The van der Waals surface area contributed by atoms with Gasteiger partial charge in [-0.2, -0.15) is 0 Å². The molecular weight excluding hydrogens is 542 g/mol. The first-order valence-corrected chi connectivity index (χ1v) is 12.6. The second-order valence-electron chi connectivity index (χ2n) is 8.50. The Morgan fingerprint density at radius 2 is 1.90 bits per heavy atom. The molecule has 17 heteroatoms. The first kappa shape index (κ1) is 29.6. The molecule has 1 fully saturated rings. The number of nitrogens with zero attached hydrogens (tertiary/aromatic N) is 4. The number of carbonyl (C=O) groups is 4. The van der Waals surface area contributed by atoms with Gasteiger partial charge in [0.15, 0.2) is 28.7 Å². The Morgan fingerprint density at radius 3 is 2.44 bits per heavy atom.